The Morgan fingerprint density at radius 2 is 2.22 bits per heavy atom. The van der Waals surface area contributed by atoms with Crippen molar-refractivity contribution in [1.29, 1.82) is 0 Å². The number of aromatic nitrogens is 1. The maximum atomic E-state index is 12.8. The van der Waals surface area contributed by atoms with Crippen LogP contribution in [0.15, 0.2) is 24.4 Å². The molecule has 2 aliphatic heterocycles. The number of carbonyl (C=O) groups is 1. The van der Waals surface area contributed by atoms with Crippen LogP contribution in [0.3, 0.4) is 0 Å². The summed E-state index contributed by atoms with van der Waals surface area (Å²) in [6.07, 6.45) is 4.02. The number of carbonyl (C=O) groups excluding carboxylic acids is 1. The minimum atomic E-state index is 0.0567. The van der Waals surface area contributed by atoms with Crippen LogP contribution in [0, 0.1) is 6.92 Å². The molecule has 0 saturated carbocycles. The highest BCUT2D eigenvalue weighted by Gasteiger charge is 2.28. The van der Waals surface area contributed by atoms with E-state index in [0.717, 1.165) is 30.9 Å². The van der Waals surface area contributed by atoms with E-state index in [1.54, 1.807) is 23.5 Å². The zero-order chi connectivity index (χ0) is 15.8. The van der Waals surface area contributed by atoms with Crippen LogP contribution in [-0.4, -0.2) is 35.7 Å². The fraction of sp³-hybridized carbons (Fsp3) is 0.412. The Labute approximate surface area is 138 Å². The number of amides is 1. The van der Waals surface area contributed by atoms with Crippen molar-refractivity contribution in [1.82, 2.24) is 9.88 Å². The van der Waals surface area contributed by atoms with E-state index >= 15 is 0 Å². The number of ether oxygens (including phenoxy) is 2. The first-order valence-electron chi connectivity index (χ1n) is 7.82. The van der Waals surface area contributed by atoms with E-state index in [0.29, 0.717) is 23.0 Å². The molecule has 0 N–H and O–H groups in total. The van der Waals surface area contributed by atoms with Gasteiger partial charge in [-0.25, -0.2) is 4.98 Å². The van der Waals surface area contributed by atoms with E-state index in [2.05, 4.69) is 11.9 Å². The smallest absolute Gasteiger partial charge is 0.254 e. The SMILES string of the molecule is Cc1cnc([C@@H]2CCCN(C(=O)c3ccc4c(c3)OCO4)C2)s1. The van der Waals surface area contributed by atoms with Gasteiger partial charge in [-0.15, -0.1) is 11.3 Å². The van der Waals surface area contributed by atoms with Gasteiger partial charge in [0.05, 0.1) is 5.01 Å². The van der Waals surface area contributed by atoms with E-state index in [9.17, 15) is 4.79 Å². The summed E-state index contributed by atoms with van der Waals surface area (Å²) < 4.78 is 10.7. The van der Waals surface area contributed by atoms with Gasteiger partial charge in [0.15, 0.2) is 11.5 Å². The molecule has 3 heterocycles. The van der Waals surface area contributed by atoms with Crippen molar-refractivity contribution in [3.05, 3.63) is 39.8 Å². The van der Waals surface area contributed by atoms with Crippen LogP contribution < -0.4 is 9.47 Å². The normalized spacial score (nSPS) is 19.9. The first-order chi connectivity index (χ1) is 11.2. The van der Waals surface area contributed by atoms with Crippen LogP contribution in [0.4, 0.5) is 0 Å². The molecule has 6 heteroatoms. The quantitative estimate of drug-likeness (QED) is 0.848. The molecule has 0 spiro atoms. The molecule has 5 nitrogen and oxygen atoms in total. The summed E-state index contributed by atoms with van der Waals surface area (Å²) in [6.45, 7) is 3.83. The first-order valence-corrected chi connectivity index (χ1v) is 8.63. The molecule has 0 bridgehead atoms. The van der Waals surface area contributed by atoms with Gasteiger partial charge < -0.3 is 14.4 Å². The predicted octanol–water partition coefficient (Wildman–Crippen LogP) is 3.20. The van der Waals surface area contributed by atoms with Gasteiger partial charge in [0.2, 0.25) is 6.79 Å². The largest absolute Gasteiger partial charge is 0.454 e. The van der Waals surface area contributed by atoms with E-state index in [-0.39, 0.29) is 12.7 Å². The Kier molecular flexibility index (Phi) is 3.69. The van der Waals surface area contributed by atoms with Gasteiger partial charge in [-0.05, 0) is 38.0 Å². The number of rotatable bonds is 2. The lowest BCUT2D eigenvalue weighted by Crippen LogP contribution is -2.39. The zero-order valence-corrected chi connectivity index (χ0v) is 13.8. The number of hydrogen-bond acceptors (Lipinski definition) is 5. The van der Waals surface area contributed by atoms with Gasteiger partial charge >= 0.3 is 0 Å². The molecule has 2 aliphatic rings. The summed E-state index contributed by atoms with van der Waals surface area (Å²) in [5, 5.41) is 1.14. The molecule has 0 radical (unpaired) electrons. The molecule has 0 aliphatic carbocycles. The molecule has 23 heavy (non-hydrogen) atoms. The van der Waals surface area contributed by atoms with Gasteiger partial charge in [-0.2, -0.15) is 0 Å². The van der Waals surface area contributed by atoms with Gasteiger partial charge in [0, 0.05) is 35.6 Å². The molecule has 0 unspecified atom stereocenters. The summed E-state index contributed by atoms with van der Waals surface area (Å²) in [7, 11) is 0. The molecular weight excluding hydrogens is 312 g/mol. The fourth-order valence-corrected chi connectivity index (χ4v) is 4.04. The highest BCUT2D eigenvalue weighted by atomic mass is 32.1. The van der Waals surface area contributed by atoms with Crippen LogP contribution in [-0.2, 0) is 0 Å². The third-order valence-corrected chi connectivity index (χ3v) is 5.39. The standard InChI is InChI=1S/C17H18N2O3S/c1-11-8-18-16(23-11)13-3-2-6-19(9-13)17(20)12-4-5-14-15(7-12)22-10-21-14/h4-5,7-8,13H,2-3,6,9-10H2,1H3/t13-/m1/s1. The number of nitrogens with zero attached hydrogens (tertiary/aromatic N) is 2. The monoisotopic (exact) mass is 330 g/mol. The molecule has 1 atom stereocenters. The molecule has 1 fully saturated rings. The molecular formula is C17H18N2O3S. The molecule has 1 aromatic heterocycles. The predicted molar refractivity (Wildman–Crippen MR) is 87.3 cm³/mol. The zero-order valence-electron chi connectivity index (χ0n) is 12.9. The third kappa shape index (κ3) is 2.79. The summed E-state index contributed by atoms with van der Waals surface area (Å²) in [6, 6.07) is 5.40. The molecule has 1 amide bonds. The Hall–Kier alpha value is -2.08. The summed E-state index contributed by atoms with van der Waals surface area (Å²) in [5.41, 5.74) is 0.658. The van der Waals surface area contributed by atoms with E-state index in [1.807, 2.05) is 17.2 Å². The number of benzene rings is 1. The lowest BCUT2D eigenvalue weighted by molar-refractivity contribution is 0.0706. The lowest BCUT2D eigenvalue weighted by atomic mass is 9.98. The van der Waals surface area contributed by atoms with Crippen molar-refractivity contribution in [2.75, 3.05) is 19.9 Å². The second-order valence-corrected chi connectivity index (χ2v) is 7.23. The van der Waals surface area contributed by atoms with Crippen LogP contribution in [0.5, 0.6) is 11.5 Å². The van der Waals surface area contributed by atoms with E-state index in [4.69, 9.17) is 9.47 Å². The molecule has 4 rings (SSSR count). The second kappa shape index (κ2) is 5.85. The van der Waals surface area contributed by atoms with Crippen LogP contribution in [0.2, 0.25) is 0 Å². The van der Waals surface area contributed by atoms with Crippen molar-refractivity contribution in [3.63, 3.8) is 0 Å². The molecule has 1 aromatic carbocycles. The highest BCUT2D eigenvalue weighted by Crippen LogP contribution is 2.34. The second-order valence-electron chi connectivity index (χ2n) is 5.97. The Balaban J connectivity index is 1.51. The number of hydrogen-bond donors (Lipinski definition) is 0. The van der Waals surface area contributed by atoms with Crippen molar-refractivity contribution >= 4 is 17.2 Å². The number of thiazole rings is 1. The van der Waals surface area contributed by atoms with Crippen LogP contribution >= 0.6 is 11.3 Å². The summed E-state index contributed by atoms with van der Waals surface area (Å²) in [5.74, 6) is 1.76. The van der Waals surface area contributed by atoms with Crippen LogP contribution in [0.1, 0.15) is 39.0 Å². The minimum absolute atomic E-state index is 0.0567. The fourth-order valence-electron chi connectivity index (χ4n) is 3.14. The first kappa shape index (κ1) is 14.5. The molecule has 2 aromatic rings. The number of likely N-dealkylation sites (tertiary alicyclic amines) is 1. The van der Waals surface area contributed by atoms with Gasteiger partial charge in [0.1, 0.15) is 0 Å². The van der Waals surface area contributed by atoms with Crippen molar-refractivity contribution < 1.29 is 14.3 Å². The maximum Gasteiger partial charge on any atom is 0.254 e. The number of aryl methyl sites for hydroxylation is 1. The topological polar surface area (TPSA) is 51.7 Å². The lowest BCUT2D eigenvalue weighted by Gasteiger charge is -2.32. The van der Waals surface area contributed by atoms with Gasteiger partial charge in [-0.1, -0.05) is 0 Å². The van der Waals surface area contributed by atoms with Crippen molar-refractivity contribution in [2.24, 2.45) is 0 Å². The van der Waals surface area contributed by atoms with E-state index < -0.39 is 0 Å². The maximum absolute atomic E-state index is 12.8. The third-order valence-electron chi connectivity index (χ3n) is 4.32. The summed E-state index contributed by atoms with van der Waals surface area (Å²) in [4.78, 5) is 20.4. The van der Waals surface area contributed by atoms with Crippen molar-refractivity contribution in [2.45, 2.75) is 25.7 Å². The Morgan fingerprint density at radius 3 is 3.04 bits per heavy atom. The number of fused-ring (bicyclic) bond motifs is 1. The Morgan fingerprint density at radius 1 is 1.35 bits per heavy atom. The molecule has 120 valence electrons. The molecule has 1 saturated heterocycles. The van der Waals surface area contributed by atoms with Crippen LogP contribution in [0.25, 0.3) is 0 Å². The van der Waals surface area contributed by atoms with Gasteiger partial charge in [-0.3, -0.25) is 4.79 Å². The van der Waals surface area contributed by atoms with E-state index in [1.165, 1.54) is 4.88 Å². The highest BCUT2D eigenvalue weighted by molar-refractivity contribution is 7.11. The summed E-state index contributed by atoms with van der Waals surface area (Å²) >= 11 is 1.73. The average Bonchev–Trinajstić information content (AvgIpc) is 3.22. The average molecular weight is 330 g/mol. The Bertz CT molecular complexity index is 743. The number of piperidine rings is 1. The van der Waals surface area contributed by atoms with Crippen molar-refractivity contribution in [3.8, 4) is 11.5 Å². The van der Waals surface area contributed by atoms with Gasteiger partial charge in [0.25, 0.3) is 5.91 Å². The minimum Gasteiger partial charge on any atom is -0.454 e.